The normalized spacial score (nSPS) is 14.4. The van der Waals surface area contributed by atoms with Crippen molar-refractivity contribution in [3.63, 3.8) is 0 Å². The predicted molar refractivity (Wildman–Crippen MR) is 164 cm³/mol. The zero-order valence-electron chi connectivity index (χ0n) is 23.2. The molecule has 41 heavy (non-hydrogen) atoms. The first-order valence-corrected chi connectivity index (χ1v) is 16.0. The van der Waals surface area contributed by atoms with Crippen LogP contribution in [0.2, 0.25) is 10.0 Å². The minimum absolute atomic E-state index is 0.0000873. The molecule has 0 bridgehead atoms. The number of sulfonamides is 1. The largest absolute Gasteiger partial charge is 0.352 e. The van der Waals surface area contributed by atoms with Gasteiger partial charge in [0, 0.05) is 17.6 Å². The number of aryl methyl sites for hydroxylation is 1. The molecule has 10 heteroatoms. The molecule has 4 rings (SSSR count). The average Bonchev–Trinajstić information content (AvgIpc) is 3.46. The standard InChI is InChI=1S/C31H35Cl2N3O4S/c1-3-28(31(38)34-25-12-7-8-13-25)35(20-23-11-9-10-22(2)18-23)30(37)21-36(29-19-24(32)16-17-27(29)33)41(39,40)26-14-5-4-6-15-26/h4-6,9-11,14-19,25,28H,3,7-8,12-13,20-21H2,1-2H3,(H,34,38)/t28-/m1/s1. The second kappa shape index (κ2) is 13.7. The summed E-state index contributed by atoms with van der Waals surface area (Å²) in [6.07, 6.45) is 4.29. The maximum Gasteiger partial charge on any atom is 0.264 e. The van der Waals surface area contributed by atoms with E-state index in [2.05, 4.69) is 5.32 Å². The molecule has 0 radical (unpaired) electrons. The lowest BCUT2D eigenvalue weighted by Crippen LogP contribution is -2.53. The molecule has 3 aromatic carbocycles. The van der Waals surface area contributed by atoms with Crippen molar-refractivity contribution in [3.8, 4) is 0 Å². The van der Waals surface area contributed by atoms with Crippen LogP contribution in [0.5, 0.6) is 0 Å². The quantitative estimate of drug-likeness (QED) is 0.272. The molecule has 0 heterocycles. The Hall–Kier alpha value is -3.07. The third kappa shape index (κ3) is 7.61. The summed E-state index contributed by atoms with van der Waals surface area (Å²) in [6, 6.07) is 19.3. The van der Waals surface area contributed by atoms with E-state index in [0.29, 0.717) is 6.42 Å². The predicted octanol–water partition coefficient (Wildman–Crippen LogP) is 6.36. The molecule has 0 unspecified atom stereocenters. The summed E-state index contributed by atoms with van der Waals surface area (Å²) in [7, 11) is -4.23. The first-order valence-electron chi connectivity index (χ1n) is 13.8. The smallest absolute Gasteiger partial charge is 0.264 e. The molecule has 2 amide bonds. The van der Waals surface area contributed by atoms with E-state index in [4.69, 9.17) is 23.2 Å². The fourth-order valence-corrected chi connectivity index (χ4v) is 7.09. The van der Waals surface area contributed by atoms with Crippen LogP contribution in [0.25, 0.3) is 0 Å². The van der Waals surface area contributed by atoms with Gasteiger partial charge in [-0.1, -0.05) is 91.0 Å². The Kier molecular flexibility index (Phi) is 10.3. The number of nitrogens with zero attached hydrogens (tertiary/aromatic N) is 2. The van der Waals surface area contributed by atoms with Crippen molar-refractivity contribution < 1.29 is 18.0 Å². The van der Waals surface area contributed by atoms with Crippen LogP contribution in [-0.4, -0.2) is 43.8 Å². The van der Waals surface area contributed by atoms with Crippen LogP contribution in [0.1, 0.15) is 50.2 Å². The van der Waals surface area contributed by atoms with Gasteiger partial charge in [-0.2, -0.15) is 0 Å². The van der Waals surface area contributed by atoms with Gasteiger partial charge in [-0.3, -0.25) is 13.9 Å². The van der Waals surface area contributed by atoms with Gasteiger partial charge in [0.05, 0.1) is 15.6 Å². The molecule has 3 aromatic rings. The zero-order valence-corrected chi connectivity index (χ0v) is 25.6. The molecule has 0 aromatic heterocycles. The Morgan fingerprint density at radius 1 is 0.976 bits per heavy atom. The molecule has 1 aliphatic rings. The van der Waals surface area contributed by atoms with E-state index in [1.54, 1.807) is 24.3 Å². The SMILES string of the molecule is CC[C@H](C(=O)NC1CCCC1)N(Cc1cccc(C)c1)C(=O)CN(c1cc(Cl)ccc1Cl)S(=O)(=O)c1ccccc1. The van der Waals surface area contributed by atoms with Gasteiger partial charge in [0.1, 0.15) is 12.6 Å². The van der Waals surface area contributed by atoms with Gasteiger partial charge in [0.15, 0.2) is 0 Å². The lowest BCUT2D eigenvalue weighted by atomic mass is 10.1. The lowest BCUT2D eigenvalue weighted by molar-refractivity contribution is -0.140. The third-order valence-electron chi connectivity index (χ3n) is 7.31. The molecular formula is C31H35Cl2N3O4S. The number of carbonyl (C=O) groups excluding carboxylic acids is 2. The molecule has 0 spiro atoms. The number of hydrogen-bond donors (Lipinski definition) is 1. The number of benzene rings is 3. The minimum Gasteiger partial charge on any atom is -0.352 e. The van der Waals surface area contributed by atoms with Crippen LogP contribution < -0.4 is 9.62 Å². The second-order valence-electron chi connectivity index (χ2n) is 10.3. The Labute approximate surface area is 252 Å². The van der Waals surface area contributed by atoms with Gasteiger partial charge in [-0.15, -0.1) is 0 Å². The van der Waals surface area contributed by atoms with Crippen LogP contribution in [0, 0.1) is 6.92 Å². The van der Waals surface area contributed by atoms with Crippen LogP contribution in [0.4, 0.5) is 5.69 Å². The van der Waals surface area contributed by atoms with E-state index in [9.17, 15) is 18.0 Å². The van der Waals surface area contributed by atoms with E-state index in [1.165, 1.54) is 29.2 Å². The molecule has 1 N–H and O–H groups in total. The molecule has 7 nitrogen and oxygen atoms in total. The number of rotatable bonds is 11. The lowest BCUT2D eigenvalue weighted by Gasteiger charge is -2.34. The van der Waals surface area contributed by atoms with E-state index in [1.807, 2.05) is 38.1 Å². The zero-order chi connectivity index (χ0) is 29.6. The number of amides is 2. The van der Waals surface area contributed by atoms with Crippen molar-refractivity contribution in [3.05, 3.63) is 94.0 Å². The van der Waals surface area contributed by atoms with Crippen molar-refractivity contribution >= 4 is 50.7 Å². The average molecular weight is 617 g/mol. The highest BCUT2D eigenvalue weighted by molar-refractivity contribution is 7.92. The van der Waals surface area contributed by atoms with Gasteiger partial charge in [0.2, 0.25) is 11.8 Å². The third-order valence-corrected chi connectivity index (χ3v) is 9.64. The summed E-state index contributed by atoms with van der Waals surface area (Å²) in [5.41, 5.74) is 1.93. The van der Waals surface area contributed by atoms with E-state index >= 15 is 0 Å². The van der Waals surface area contributed by atoms with Gasteiger partial charge in [-0.05, 0) is 62.1 Å². The Bertz CT molecular complexity index is 1480. The van der Waals surface area contributed by atoms with Crippen LogP contribution in [0.15, 0.2) is 77.7 Å². The Morgan fingerprint density at radius 2 is 1.68 bits per heavy atom. The number of hydrogen-bond acceptors (Lipinski definition) is 4. The molecule has 0 aliphatic heterocycles. The molecule has 1 saturated carbocycles. The fraction of sp³-hybridized carbons (Fsp3) is 0.355. The molecular weight excluding hydrogens is 581 g/mol. The summed E-state index contributed by atoms with van der Waals surface area (Å²) in [5, 5.41) is 3.51. The highest BCUT2D eigenvalue weighted by atomic mass is 35.5. The van der Waals surface area contributed by atoms with Crippen LogP contribution in [-0.2, 0) is 26.2 Å². The van der Waals surface area contributed by atoms with Crippen LogP contribution >= 0.6 is 23.2 Å². The first kappa shape index (κ1) is 30.9. The van der Waals surface area contributed by atoms with E-state index < -0.39 is 28.5 Å². The maximum absolute atomic E-state index is 14.2. The summed E-state index contributed by atoms with van der Waals surface area (Å²) >= 11 is 12.7. The first-order chi connectivity index (χ1) is 19.6. The van der Waals surface area contributed by atoms with E-state index in [0.717, 1.165) is 41.1 Å². The van der Waals surface area contributed by atoms with E-state index in [-0.39, 0.29) is 39.1 Å². The summed E-state index contributed by atoms with van der Waals surface area (Å²) in [5.74, 6) is -0.769. The minimum atomic E-state index is -4.23. The molecule has 1 fully saturated rings. The summed E-state index contributed by atoms with van der Waals surface area (Å²) in [4.78, 5) is 29.2. The van der Waals surface area contributed by atoms with Crippen molar-refractivity contribution in [2.45, 2.75) is 69.5 Å². The Morgan fingerprint density at radius 3 is 2.34 bits per heavy atom. The number of nitrogens with one attached hydrogen (secondary N) is 1. The Balaban J connectivity index is 1.74. The molecule has 1 atom stereocenters. The highest BCUT2D eigenvalue weighted by Crippen LogP contribution is 2.33. The topological polar surface area (TPSA) is 86.8 Å². The summed E-state index contributed by atoms with van der Waals surface area (Å²) in [6.45, 7) is 3.37. The molecule has 1 aliphatic carbocycles. The maximum atomic E-state index is 14.2. The van der Waals surface area contributed by atoms with Crippen molar-refractivity contribution in [2.24, 2.45) is 0 Å². The van der Waals surface area contributed by atoms with Gasteiger partial charge in [-0.25, -0.2) is 8.42 Å². The van der Waals surface area contributed by atoms with Crippen molar-refractivity contribution in [2.75, 3.05) is 10.8 Å². The summed E-state index contributed by atoms with van der Waals surface area (Å²) < 4.78 is 28.8. The fourth-order valence-electron chi connectivity index (χ4n) is 5.20. The number of carbonyl (C=O) groups is 2. The van der Waals surface area contributed by atoms with Crippen LogP contribution in [0.3, 0.4) is 0 Å². The van der Waals surface area contributed by atoms with Gasteiger partial charge in [0.25, 0.3) is 10.0 Å². The highest BCUT2D eigenvalue weighted by Gasteiger charge is 2.35. The van der Waals surface area contributed by atoms with Gasteiger partial charge >= 0.3 is 0 Å². The van der Waals surface area contributed by atoms with Crippen molar-refractivity contribution in [1.82, 2.24) is 10.2 Å². The van der Waals surface area contributed by atoms with Gasteiger partial charge < -0.3 is 10.2 Å². The van der Waals surface area contributed by atoms with Crippen molar-refractivity contribution in [1.29, 1.82) is 0 Å². The second-order valence-corrected chi connectivity index (χ2v) is 13.1. The number of anilines is 1. The number of halogens is 2. The monoisotopic (exact) mass is 615 g/mol. The molecule has 0 saturated heterocycles. The molecule has 218 valence electrons.